The Hall–Kier alpha value is -2.14. The Morgan fingerprint density at radius 2 is 2.13 bits per heavy atom. The number of para-hydroxylation sites is 1. The molecule has 15 heavy (non-hydrogen) atoms. The third kappa shape index (κ3) is 1.14. The quantitative estimate of drug-likeness (QED) is 0.622. The van der Waals surface area contributed by atoms with E-state index in [1.807, 2.05) is 30.4 Å². The highest BCUT2D eigenvalue weighted by Gasteiger charge is 2.22. The molecular weight excluding hydrogens is 184 g/mol. The lowest BCUT2D eigenvalue weighted by Gasteiger charge is -2.07. The molecule has 2 heteroatoms. The Bertz CT molecular complexity index is 568. The van der Waals surface area contributed by atoms with Gasteiger partial charge in [0.1, 0.15) is 0 Å². The van der Waals surface area contributed by atoms with Crippen LogP contribution in [0.25, 0.3) is 5.57 Å². The minimum atomic E-state index is 0.737. The van der Waals surface area contributed by atoms with E-state index >= 15 is 0 Å². The second-order valence-electron chi connectivity index (χ2n) is 3.61. The van der Waals surface area contributed by atoms with Crippen LogP contribution in [0.15, 0.2) is 47.0 Å². The average molecular weight is 192 g/mol. The number of hydrogen-bond acceptors (Lipinski definition) is 2. The van der Waals surface area contributed by atoms with Gasteiger partial charge in [-0.1, -0.05) is 24.3 Å². The highest BCUT2D eigenvalue weighted by molar-refractivity contribution is 6.30. The Balaban J connectivity index is 2.19. The lowest BCUT2D eigenvalue weighted by molar-refractivity contribution is 1.40. The van der Waals surface area contributed by atoms with Crippen molar-refractivity contribution in [1.82, 2.24) is 0 Å². The van der Waals surface area contributed by atoms with Crippen molar-refractivity contribution in [2.24, 2.45) is 4.99 Å². The molecule has 0 saturated heterocycles. The SMILES string of the molecule is N#CC1=CCC2=Nc3ccccc3C2=C1. The molecule has 0 spiro atoms. The highest BCUT2D eigenvalue weighted by atomic mass is 14.8. The van der Waals surface area contributed by atoms with E-state index < -0.39 is 0 Å². The molecule has 2 nitrogen and oxygen atoms in total. The second kappa shape index (κ2) is 2.93. The van der Waals surface area contributed by atoms with Crippen LogP contribution in [0, 0.1) is 11.3 Å². The van der Waals surface area contributed by atoms with Gasteiger partial charge >= 0.3 is 0 Å². The first-order chi connectivity index (χ1) is 7.38. The maximum atomic E-state index is 8.86. The number of aliphatic imine (C=N–C) groups is 1. The fraction of sp³-hybridized carbons (Fsp3) is 0.0769. The van der Waals surface area contributed by atoms with Crippen molar-refractivity contribution >= 4 is 17.0 Å². The summed E-state index contributed by atoms with van der Waals surface area (Å²) in [6.45, 7) is 0. The molecule has 0 fully saturated rings. The van der Waals surface area contributed by atoms with Crippen LogP contribution in [-0.4, -0.2) is 5.71 Å². The molecule has 2 aliphatic rings. The molecule has 70 valence electrons. The molecule has 1 aromatic carbocycles. The molecule has 0 unspecified atom stereocenters. The first-order valence-corrected chi connectivity index (χ1v) is 4.88. The van der Waals surface area contributed by atoms with Crippen LogP contribution < -0.4 is 0 Å². The monoisotopic (exact) mass is 192 g/mol. The maximum Gasteiger partial charge on any atom is 0.0988 e. The zero-order chi connectivity index (χ0) is 10.3. The van der Waals surface area contributed by atoms with Gasteiger partial charge < -0.3 is 0 Å². The third-order valence-corrected chi connectivity index (χ3v) is 2.70. The molecule has 3 rings (SSSR count). The smallest absolute Gasteiger partial charge is 0.0988 e. The fourth-order valence-electron chi connectivity index (χ4n) is 1.98. The van der Waals surface area contributed by atoms with E-state index in [0.717, 1.165) is 34.5 Å². The van der Waals surface area contributed by atoms with Gasteiger partial charge in [0, 0.05) is 23.1 Å². The Morgan fingerprint density at radius 3 is 3.00 bits per heavy atom. The normalized spacial score (nSPS) is 16.9. The van der Waals surface area contributed by atoms with E-state index in [4.69, 9.17) is 5.26 Å². The van der Waals surface area contributed by atoms with Crippen LogP contribution in [0.1, 0.15) is 12.0 Å². The summed E-state index contributed by atoms with van der Waals surface area (Å²) in [6, 6.07) is 10.2. The number of hydrogen-bond donors (Lipinski definition) is 0. The number of nitriles is 1. The Kier molecular flexibility index (Phi) is 1.60. The fourth-order valence-corrected chi connectivity index (χ4v) is 1.98. The maximum absolute atomic E-state index is 8.86. The van der Waals surface area contributed by atoms with Gasteiger partial charge in [0.05, 0.1) is 17.5 Å². The van der Waals surface area contributed by atoms with Crippen LogP contribution in [0.3, 0.4) is 0 Å². The van der Waals surface area contributed by atoms with Crippen LogP contribution in [0.5, 0.6) is 0 Å². The van der Waals surface area contributed by atoms with Gasteiger partial charge in [-0.3, -0.25) is 4.99 Å². The van der Waals surface area contributed by atoms with E-state index in [1.165, 1.54) is 0 Å². The first kappa shape index (κ1) is 8.19. The van der Waals surface area contributed by atoms with Crippen molar-refractivity contribution in [3.05, 3.63) is 47.6 Å². The molecule has 0 aromatic heterocycles. The summed E-state index contributed by atoms with van der Waals surface area (Å²) < 4.78 is 0. The van der Waals surface area contributed by atoms with Gasteiger partial charge in [0.15, 0.2) is 0 Å². The van der Waals surface area contributed by atoms with Gasteiger partial charge in [0.25, 0.3) is 0 Å². The van der Waals surface area contributed by atoms with Crippen molar-refractivity contribution in [2.75, 3.05) is 0 Å². The lowest BCUT2D eigenvalue weighted by Crippen LogP contribution is -2.00. The topological polar surface area (TPSA) is 36.1 Å². The molecule has 1 heterocycles. The summed E-state index contributed by atoms with van der Waals surface area (Å²) in [7, 11) is 0. The van der Waals surface area contributed by atoms with E-state index in [9.17, 15) is 0 Å². The van der Waals surface area contributed by atoms with Gasteiger partial charge in [-0.05, 0) is 12.1 Å². The number of fused-ring (bicyclic) bond motifs is 3. The van der Waals surface area contributed by atoms with Crippen molar-refractivity contribution < 1.29 is 0 Å². The van der Waals surface area contributed by atoms with Gasteiger partial charge in [-0.15, -0.1) is 0 Å². The molecule has 0 atom stereocenters. The zero-order valence-electron chi connectivity index (χ0n) is 8.07. The molecule has 1 aromatic rings. The van der Waals surface area contributed by atoms with Crippen LogP contribution in [0.2, 0.25) is 0 Å². The second-order valence-corrected chi connectivity index (χ2v) is 3.61. The van der Waals surface area contributed by atoms with Crippen molar-refractivity contribution in [1.29, 1.82) is 5.26 Å². The summed E-state index contributed by atoms with van der Waals surface area (Å²) in [5.74, 6) is 0. The number of nitrogens with zero attached hydrogens (tertiary/aromatic N) is 2. The van der Waals surface area contributed by atoms with Gasteiger partial charge in [-0.2, -0.15) is 5.26 Å². The van der Waals surface area contributed by atoms with E-state index in [2.05, 4.69) is 17.1 Å². The summed E-state index contributed by atoms with van der Waals surface area (Å²) in [6.07, 6.45) is 4.62. The van der Waals surface area contributed by atoms with Crippen LogP contribution in [-0.2, 0) is 0 Å². The number of rotatable bonds is 0. The standard InChI is InChI=1S/C13H8N2/c14-8-9-5-6-13-11(7-9)10-3-1-2-4-12(10)15-13/h1-5,7H,6H2. The van der Waals surface area contributed by atoms with Crippen molar-refractivity contribution in [3.8, 4) is 6.07 Å². The Morgan fingerprint density at radius 1 is 1.27 bits per heavy atom. The molecule has 0 radical (unpaired) electrons. The third-order valence-electron chi connectivity index (χ3n) is 2.70. The lowest BCUT2D eigenvalue weighted by atomic mass is 9.94. The molecule has 1 aliphatic heterocycles. The summed E-state index contributed by atoms with van der Waals surface area (Å²) in [5.41, 5.74) is 5.10. The van der Waals surface area contributed by atoms with Crippen LogP contribution in [0.4, 0.5) is 5.69 Å². The predicted molar refractivity (Wildman–Crippen MR) is 59.8 cm³/mol. The van der Waals surface area contributed by atoms with E-state index in [-0.39, 0.29) is 0 Å². The predicted octanol–water partition coefficient (Wildman–Crippen LogP) is 3.01. The molecule has 1 aliphatic carbocycles. The van der Waals surface area contributed by atoms with Crippen LogP contribution >= 0.6 is 0 Å². The average Bonchev–Trinajstić information content (AvgIpc) is 2.66. The first-order valence-electron chi connectivity index (χ1n) is 4.88. The highest BCUT2D eigenvalue weighted by Crippen LogP contribution is 2.37. The molecule has 0 amide bonds. The molecule has 0 bridgehead atoms. The van der Waals surface area contributed by atoms with Crippen molar-refractivity contribution in [2.45, 2.75) is 6.42 Å². The summed E-state index contributed by atoms with van der Waals surface area (Å²) in [4.78, 5) is 4.54. The summed E-state index contributed by atoms with van der Waals surface area (Å²) >= 11 is 0. The zero-order valence-corrected chi connectivity index (χ0v) is 8.07. The minimum Gasteiger partial charge on any atom is -0.252 e. The van der Waals surface area contributed by atoms with E-state index in [0.29, 0.717) is 0 Å². The molecular formula is C13H8N2. The van der Waals surface area contributed by atoms with Crippen molar-refractivity contribution in [3.63, 3.8) is 0 Å². The summed E-state index contributed by atoms with van der Waals surface area (Å²) in [5, 5.41) is 8.86. The minimum absolute atomic E-state index is 0.737. The van der Waals surface area contributed by atoms with Gasteiger partial charge in [0.2, 0.25) is 0 Å². The number of allylic oxidation sites excluding steroid dienone is 4. The molecule has 0 saturated carbocycles. The van der Waals surface area contributed by atoms with E-state index in [1.54, 1.807) is 0 Å². The largest absolute Gasteiger partial charge is 0.252 e. The van der Waals surface area contributed by atoms with Gasteiger partial charge in [-0.25, -0.2) is 0 Å². The Labute approximate surface area is 87.9 Å². The molecule has 0 N–H and O–H groups in total. The number of benzene rings is 1.